The number of hydrogen-bond donors (Lipinski definition) is 2. The molecule has 0 aliphatic carbocycles. The first-order chi connectivity index (χ1) is 14.8. The summed E-state index contributed by atoms with van der Waals surface area (Å²) in [4.78, 5) is 28.6. The molecule has 1 atom stereocenters. The summed E-state index contributed by atoms with van der Waals surface area (Å²) < 4.78 is 27.6. The Morgan fingerprint density at radius 2 is 1.81 bits per heavy atom. The number of nitrogens with zero attached hydrogens (tertiary/aromatic N) is 1. The summed E-state index contributed by atoms with van der Waals surface area (Å²) in [6.07, 6.45) is 5.02. The van der Waals surface area contributed by atoms with Gasteiger partial charge in [0.2, 0.25) is 5.91 Å². The summed E-state index contributed by atoms with van der Waals surface area (Å²) in [5.74, 6) is -2.16. The van der Waals surface area contributed by atoms with Crippen molar-refractivity contribution in [3.05, 3.63) is 101 Å². The summed E-state index contributed by atoms with van der Waals surface area (Å²) >= 11 is 0. The molecule has 3 rings (SSSR count). The lowest BCUT2D eigenvalue weighted by Gasteiger charge is -2.16. The number of amides is 2. The predicted molar refractivity (Wildman–Crippen MR) is 115 cm³/mol. The number of anilines is 1. The molecule has 31 heavy (non-hydrogen) atoms. The lowest BCUT2D eigenvalue weighted by atomic mass is 10.1. The van der Waals surface area contributed by atoms with Crippen molar-refractivity contribution in [1.82, 2.24) is 10.3 Å². The van der Waals surface area contributed by atoms with Gasteiger partial charge in [0.05, 0.1) is 12.2 Å². The highest BCUT2D eigenvalue weighted by atomic mass is 19.1. The Morgan fingerprint density at radius 3 is 2.52 bits per heavy atom. The topological polar surface area (TPSA) is 71.1 Å². The maximum absolute atomic E-state index is 14.4. The molecule has 0 radical (unpaired) electrons. The van der Waals surface area contributed by atoms with Gasteiger partial charge in [0.15, 0.2) is 0 Å². The first-order valence-electron chi connectivity index (χ1n) is 9.59. The minimum absolute atomic E-state index is 0.0829. The van der Waals surface area contributed by atoms with Gasteiger partial charge in [-0.2, -0.15) is 0 Å². The molecule has 1 heterocycles. The maximum Gasteiger partial charge on any atom is 0.251 e. The second-order valence-electron chi connectivity index (χ2n) is 7.00. The van der Waals surface area contributed by atoms with Crippen molar-refractivity contribution < 1.29 is 18.4 Å². The van der Waals surface area contributed by atoms with E-state index in [0.717, 1.165) is 17.8 Å². The minimum atomic E-state index is -0.617. The largest absolute Gasteiger partial charge is 0.346 e. The van der Waals surface area contributed by atoms with Crippen molar-refractivity contribution in [2.45, 2.75) is 19.9 Å². The summed E-state index contributed by atoms with van der Waals surface area (Å²) in [5.41, 5.74) is 1.76. The fraction of sp³-hybridized carbons (Fsp3) is 0.125. The van der Waals surface area contributed by atoms with Crippen molar-refractivity contribution in [2.24, 2.45) is 0 Å². The van der Waals surface area contributed by atoms with E-state index in [9.17, 15) is 18.4 Å². The molecule has 0 aliphatic rings. The van der Waals surface area contributed by atoms with Crippen LogP contribution in [0.15, 0.2) is 67.0 Å². The average Bonchev–Trinajstić information content (AvgIpc) is 2.76. The number of nitrogens with one attached hydrogen (secondary N) is 2. The second-order valence-corrected chi connectivity index (χ2v) is 7.00. The molecule has 2 amide bonds. The van der Waals surface area contributed by atoms with E-state index in [1.54, 1.807) is 0 Å². The summed E-state index contributed by atoms with van der Waals surface area (Å²) in [6.45, 7) is 3.33. The Morgan fingerprint density at radius 1 is 1.06 bits per heavy atom. The lowest BCUT2D eigenvalue weighted by molar-refractivity contribution is -0.111. The van der Waals surface area contributed by atoms with Gasteiger partial charge in [-0.25, -0.2) is 8.78 Å². The minimum Gasteiger partial charge on any atom is -0.346 e. The molecule has 0 fully saturated rings. The summed E-state index contributed by atoms with van der Waals surface area (Å²) in [6, 6.07) is 12.9. The van der Waals surface area contributed by atoms with Crippen LogP contribution in [0, 0.1) is 18.6 Å². The molecule has 0 saturated carbocycles. The quantitative estimate of drug-likeness (QED) is 0.561. The third kappa shape index (κ3) is 5.82. The molecule has 1 aromatic heterocycles. The van der Waals surface area contributed by atoms with Gasteiger partial charge >= 0.3 is 0 Å². The highest BCUT2D eigenvalue weighted by molar-refractivity contribution is 6.03. The van der Waals surface area contributed by atoms with Crippen molar-refractivity contribution in [2.75, 3.05) is 5.32 Å². The molecular weight excluding hydrogens is 400 g/mol. The zero-order valence-corrected chi connectivity index (χ0v) is 17.0. The van der Waals surface area contributed by atoms with Gasteiger partial charge in [0.1, 0.15) is 11.6 Å². The van der Waals surface area contributed by atoms with Crippen LogP contribution in [0.2, 0.25) is 0 Å². The van der Waals surface area contributed by atoms with Crippen molar-refractivity contribution in [1.29, 1.82) is 0 Å². The van der Waals surface area contributed by atoms with Gasteiger partial charge < -0.3 is 10.6 Å². The second kappa shape index (κ2) is 9.75. The Bertz CT molecular complexity index is 1130. The van der Waals surface area contributed by atoms with E-state index >= 15 is 0 Å². The van der Waals surface area contributed by atoms with Crippen molar-refractivity contribution >= 4 is 23.6 Å². The van der Waals surface area contributed by atoms with Crippen LogP contribution in [0.1, 0.15) is 40.0 Å². The normalized spacial score (nSPS) is 11.9. The standard InChI is InChI=1S/C24H21F2N3O2/c1-15-21(26)11-19(24(31)28-16(2)18-6-4-3-5-7-18)12-22(15)29-23(30)9-8-17-10-20(25)14-27-13-17/h3-14,16H,1-2H3,(H,28,31)(H,29,30)/b9-8+. The number of aromatic nitrogens is 1. The summed E-state index contributed by atoms with van der Waals surface area (Å²) in [7, 11) is 0. The van der Waals surface area contributed by atoms with E-state index in [1.165, 1.54) is 37.4 Å². The highest BCUT2D eigenvalue weighted by Gasteiger charge is 2.16. The molecule has 1 unspecified atom stereocenters. The van der Waals surface area contributed by atoms with Crippen molar-refractivity contribution in [3.63, 3.8) is 0 Å². The van der Waals surface area contributed by atoms with Crippen LogP contribution in [0.5, 0.6) is 0 Å². The predicted octanol–water partition coefficient (Wildman–Crippen LogP) is 4.81. The fourth-order valence-corrected chi connectivity index (χ4v) is 2.91. The first kappa shape index (κ1) is 21.8. The number of rotatable bonds is 6. The van der Waals surface area contributed by atoms with E-state index in [1.807, 2.05) is 37.3 Å². The third-order valence-electron chi connectivity index (χ3n) is 4.66. The van der Waals surface area contributed by atoms with E-state index < -0.39 is 23.4 Å². The number of hydrogen-bond acceptors (Lipinski definition) is 3. The monoisotopic (exact) mass is 421 g/mol. The van der Waals surface area contributed by atoms with Gasteiger partial charge in [0, 0.05) is 29.1 Å². The number of carbonyl (C=O) groups is 2. The van der Waals surface area contributed by atoms with E-state index in [4.69, 9.17) is 0 Å². The van der Waals surface area contributed by atoms with Crippen LogP contribution in [0.4, 0.5) is 14.5 Å². The average molecular weight is 421 g/mol. The van der Waals surface area contributed by atoms with E-state index in [-0.39, 0.29) is 22.9 Å². The Balaban J connectivity index is 1.74. The maximum atomic E-state index is 14.4. The zero-order chi connectivity index (χ0) is 22.4. The molecular formula is C24H21F2N3O2. The molecule has 3 aromatic rings. The molecule has 158 valence electrons. The van der Waals surface area contributed by atoms with Crippen LogP contribution in [0.25, 0.3) is 6.08 Å². The van der Waals surface area contributed by atoms with Crippen LogP contribution in [-0.4, -0.2) is 16.8 Å². The molecule has 5 nitrogen and oxygen atoms in total. The molecule has 2 aromatic carbocycles. The van der Waals surface area contributed by atoms with E-state index in [2.05, 4.69) is 15.6 Å². The van der Waals surface area contributed by atoms with Gasteiger partial charge in [-0.15, -0.1) is 0 Å². The third-order valence-corrected chi connectivity index (χ3v) is 4.66. The van der Waals surface area contributed by atoms with Gasteiger partial charge in [-0.1, -0.05) is 30.3 Å². The van der Waals surface area contributed by atoms with Crippen LogP contribution in [-0.2, 0) is 4.79 Å². The highest BCUT2D eigenvalue weighted by Crippen LogP contribution is 2.22. The molecule has 0 saturated heterocycles. The molecule has 7 heteroatoms. The number of halogens is 2. The molecule has 0 aliphatic heterocycles. The smallest absolute Gasteiger partial charge is 0.251 e. The van der Waals surface area contributed by atoms with Crippen molar-refractivity contribution in [3.8, 4) is 0 Å². The van der Waals surface area contributed by atoms with Crippen LogP contribution >= 0.6 is 0 Å². The zero-order valence-electron chi connectivity index (χ0n) is 17.0. The molecule has 0 bridgehead atoms. The lowest BCUT2D eigenvalue weighted by Crippen LogP contribution is -2.27. The Kier molecular flexibility index (Phi) is 6.87. The van der Waals surface area contributed by atoms with Gasteiger partial charge in [-0.3, -0.25) is 14.6 Å². The van der Waals surface area contributed by atoms with Gasteiger partial charge in [0.25, 0.3) is 5.91 Å². The first-order valence-corrected chi connectivity index (χ1v) is 9.59. The summed E-state index contributed by atoms with van der Waals surface area (Å²) in [5, 5.41) is 5.37. The molecule has 0 spiro atoms. The number of benzene rings is 2. The van der Waals surface area contributed by atoms with Crippen LogP contribution < -0.4 is 10.6 Å². The fourth-order valence-electron chi connectivity index (χ4n) is 2.91. The Hall–Kier alpha value is -3.87. The SMILES string of the molecule is Cc1c(F)cc(C(=O)NC(C)c2ccccc2)cc1NC(=O)/C=C/c1cncc(F)c1. The van der Waals surface area contributed by atoms with Crippen LogP contribution in [0.3, 0.4) is 0 Å². The Labute approximate surface area is 178 Å². The molecule has 2 N–H and O–H groups in total. The number of pyridine rings is 1. The van der Waals surface area contributed by atoms with E-state index in [0.29, 0.717) is 5.56 Å². The number of carbonyl (C=O) groups excluding carboxylic acids is 2. The van der Waals surface area contributed by atoms with Gasteiger partial charge in [-0.05, 0) is 49.2 Å².